The summed E-state index contributed by atoms with van der Waals surface area (Å²) in [5.74, 6) is -0.240. The summed E-state index contributed by atoms with van der Waals surface area (Å²) < 4.78 is 19.6. The van der Waals surface area contributed by atoms with Gasteiger partial charge in [-0.2, -0.15) is 0 Å². The van der Waals surface area contributed by atoms with Crippen LogP contribution in [0.2, 0.25) is 0 Å². The first-order valence-electron chi connectivity index (χ1n) is 7.70. The summed E-state index contributed by atoms with van der Waals surface area (Å²) in [4.78, 5) is 4.52. The summed E-state index contributed by atoms with van der Waals surface area (Å²) in [7, 11) is 0. The highest BCUT2D eigenvalue weighted by molar-refractivity contribution is 5.56. The van der Waals surface area contributed by atoms with Crippen LogP contribution in [0.4, 0.5) is 10.1 Å². The molecular weight excluding hydrogens is 271 g/mol. The zero-order valence-corrected chi connectivity index (χ0v) is 12.5. The lowest BCUT2D eigenvalue weighted by atomic mass is 10.1. The summed E-state index contributed by atoms with van der Waals surface area (Å²) in [6, 6.07) is 5.40. The van der Waals surface area contributed by atoms with E-state index in [4.69, 9.17) is 4.74 Å². The van der Waals surface area contributed by atoms with Crippen LogP contribution in [-0.4, -0.2) is 55.4 Å². The number of para-hydroxylation sites is 1. The molecule has 21 heavy (non-hydrogen) atoms. The van der Waals surface area contributed by atoms with E-state index in [1.165, 1.54) is 6.07 Å². The van der Waals surface area contributed by atoms with Crippen LogP contribution in [-0.2, 0) is 4.74 Å². The second-order valence-corrected chi connectivity index (χ2v) is 5.89. The van der Waals surface area contributed by atoms with Gasteiger partial charge in [-0.25, -0.2) is 4.39 Å². The number of aliphatic hydroxyl groups excluding tert-OH is 1. The number of hydrogen-bond acceptors (Lipinski definition) is 4. The van der Waals surface area contributed by atoms with Gasteiger partial charge in [0.2, 0.25) is 0 Å². The van der Waals surface area contributed by atoms with Gasteiger partial charge in [0.25, 0.3) is 0 Å². The van der Waals surface area contributed by atoms with Crippen LogP contribution in [0.1, 0.15) is 25.0 Å². The van der Waals surface area contributed by atoms with E-state index in [0.717, 1.165) is 45.8 Å². The standard InChI is InChI=1S/C16H23FN2O2/c1-12(20)14-3-2-4-15(17)16(14)19-6-5-13(11-19)18-7-9-21-10-8-18/h2-4,12-13,20H,5-11H2,1H3/t12-,13?/m0/s1. The topological polar surface area (TPSA) is 35.9 Å². The van der Waals surface area contributed by atoms with Crippen molar-refractivity contribution < 1.29 is 14.2 Å². The van der Waals surface area contributed by atoms with Crippen molar-refractivity contribution in [3.05, 3.63) is 29.6 Å². The van der Waals surface area contributed by atoms with Crippen LogP contribution >= 0.6 is 0 Å². The van der Waals surface area contributed by atoms with Crippen LogP contribution in [0.25, 0.3) is 0 Å². The van der Waals surface area contributed by atoms with Gasteiger partial charge in [-0.05, 0) is 19.4 Å². The Morgan fingerprint density at radius 3 is 2.76 bits per heavy atom. The Bertz CT molecular complexity index is 489. The molecule has 116 valence electrons. The molecule has 4 nitrogen and oxygen atoms in total. The van der Waals surface area contributed by atoms with Crippen molar-refractivity contribution in [1.82, 2.24) is 4.90 Å². The maximum absolute atomic E-state index is 14.2. The number of ether oxygens (including phenoxy) is 1. The molecule has 0 aromatic heterocycles. The highest BCUT2D eigenvalue weighted by atomic mass is 19.1. The van der Waals surface area contributed by atoms with E-state index in [-0.39, 0.29) is 5.82 Å². The molecule has 0 radical (unpaired) electrons. The Kier molecular flexibility index (Phi) is 4.42. The first-order chi connectivity index (χ1) is 10.2. The second kappa shape index (κ2) is 6.30. The van der Waals surface area contributed by atoms with Crippen LogP contribution in [0, 0.1) is 5.82 Å². The molecule has 1 unspecified atom stereocenters. The zero-order chi connectivity index (χ0) is 14.8. The Labute approximate surface area is 125 Å². The lowest BCUT2D eigenvalue weighted by Gasteiger charge is -2.32. The average molecular weight is 294 g/mol. The fourth-order valence-electron chi connectivity index (χ4n) is 3.39. The van der Waals surface area contributed by atoms with E-state index in [2.05, 4.69) is 9.80 Å². The Hall–Kier alpha value is -1.17. The van der Waals surface area contributed by atoms with Gasteiger partial charge >= 0.3 is 0 Å². The van der Waals surface area contributed by atoms with Gasteiger partial charge in [0, 0.05) is 37.8 Å². The van der Waals surface area contributed by atoms with E-state index in [0.29, 0.717) is 17.3 Å². The molecule has 2 aliphatic rings. The predicted molar refractivity (Wildman–Crippen MR) is 80.0 cm³/mol. The minimum Gasteiger partial charge on any atom is -0.389 e. The number of aliphatic hydroxyl groups is 1. The fraction of sp³-hybridized carbons (Fsp3) is 0.625. The molecule has 0 saturated carbocycles. The Balaban J connectivity index is 1.77. The summed E-state index contributed by atoms with van der Waals surface area (Å²) in [5.41, 5.74) is 1.25. The fourth-order valence-corrected chi connectivity index (χ4v) is 3.39. The van der Waals surface area contributed by atoms with Crippen molar-refractivity contribution in [2.24, 2.45) is 0 Å². The van der Waals surface area contributed by atoms with E-state index in [9.17, 15) is 9.50 Å². The summed E-state index contributed by atoms with van der Waals surface area (Å²) in [6.07, 6.45) is 0.381. The van der Waals surface area contributed by atoms with Gasteiger partial charge in [0.1, 0.15) is 5.82 Å². The molecular formula is C16H23FN2O2. The van der Waals surface area contributed by atoms with Crippen molar-refractivity contribution in [1.29, 1.82) is 0 Å². The van der Waals surface area contributed by atoms with Crippen molar-refractivity contribution in [3.63, 3.8) is 0 Å². The number of rotatable bonds is 3. The van der Waals surface area contributed by atoms with Crippen LogP contribution in [0.5, 0.6) is 0 Å². The van der Waals surface area contributed by atoms with Gasteiger partial charge in [-0.1, -0.05) is 12.1 Å². The molecule has 1 aromatic carbocycles. The molecule has 0 bridgehead atoms. The molecule has 2 saturated heterocycles. The van der Waals surface area contributed by atoms with Crippen molar-refractivity contribution in [2.75, 3.05) is 44.3 Å². The highest BCUT2D eigenvalue weighted by Crippen LogP contribution is 2.32. The molecule has 0 spiro atoms. The van der Waals surface area contributed by atoms with E-state index in [1.54, 1.807) is 13.0 Å². The monoisotopic (exact) mass is 294 g/mol. The lowest BCUT2D eigenvalue weighted by Crippen LogP contribution is -2.44. The summed E-state index contributed by atoms with van der Waals surface area (Å²) in [5, 5.41) is 9.88. The van der Waals surface area contributed by atoms with Gasteiger partial charge < -0.3 is 14.7 Å². The van der Waals surface area contributed by atoms with Gasteiger partial charge in [0.15, 0.2) is 0 Å². The number of nitrogens with zero attached hydrogens (tertiary/aromatic N) is 2. The van der Waals surface area contributed by atoms with E-state index < -0.39 is 6.10 Å². The molecule has 1 N–H and O–H groups in total. The SMILES string of the molecule is C[C@H](O)c1cccc(F)c1N1CCC(N2CCOCC2)C1. The molecule has 2 heterocycles. The molecule has 2 aliphatic heterocycles. The van der Waals surface area contributed by atoms with Crippen molar-refractivity contribution >= 4 is 5.69 Å². The molecule has 0 aliphatic carbocycles. The number of morpholine rings is 1. The first kappa shape index (κ1) is 14.8. The van der Waals surface area contributed by atoms with Crippen molar-refractivity contribution in [2.45, 2.75) is 25.5 Å². The van der Waals surface area contributed by atoms with Gasteiger partial charge in [-0.3, -0.25) is 4.90 Å². The van der Waals surface area contributed by atoms with Crippen LogP contribution < -0.4 is 4.90 Å². The average Bonchev–Trinajstić information content (AvgIpc) is 2.97. The second-order valence-electron chi connectivity index (χ2n) is 5.89. The highest BCUT2D eigenvalue weighted by Gasteiger charge is 2.31. The van der Waals surface area contributed by atoms with Crippen LogP contribution in [0.3, 0.4) is 0 Å². The number of hydrogen-bond donors (Lipinski definition) is 1. The molecule has 1 aromatic rings. The molecule has 2 atom stereocenters. The molecule has 3 rings (SSSR count). The number of anilines is 1. The minimum atomic E-state index is -0.655. The summed E-state index contributed by atoms with van der Waals surface area (Å²) in [6.45, 7) is 6.83. The zero-order valence-electron chi connectivity index (χ0n) is 12.5. The maximum atomic E-state index is 14.2. The number of halogens is 1. The smallest absolute Gasteiger partial charge is 0.146 e. The third-order valence-corrected chi connectivity index (χ3v) is 4.51. The third-order valence-electron chi connectivity index (χ3n) is 4.51. The van der Waals surface area contributed by atoms with Gasteiger partial charge in [-0.15, -0.1) is 0 Å². The quantitative estimate of drug-likeness (QED) is 0.922. The summed E-state index contributed by atoms with van der Waals surface area (Å²) >= 11 is 0. The number of benzene rings is 1. The third kappa shape index (κ3) is 3.05. The predicted octanol–water partition coefficient (Wildman–Crippen LogP) is 1.79. The molecule has 2 fully saturated rings. The lowest BCUT2D eigenvalue weighted by molar-refractivity contribution is 0.0209. The van der Waals surface area contributed by atoms with Crippen LogP contribution in [0.15, 0.2) is 18.2 Å². The van der Waals surface area contributed by atoms with E-state index in [1.807, 2.05) is 6.07 Å². The van der Waals surface area contributed by atoms with Gasteiger partial charge in [0.05, 0.1) is 25.0 Å². The molecule has 5 heteroatoms. The Morgan fingerprint density at radius 1 is 1.29 bits per heavy atom. The Morgan fingerprint density at radius 2 is 2.05 bits per heavy atom. The van der Waals surface area contributed by atoms with E-state index >= 15 is 0 Å². The van der Waals surface area contributed by atoms with Crippen molar-refractivity contribution in [3.8, 4) is 0 Å². The maximum Gasteiger partial charge on any atom is 0.146 e. The molecule has 0 amide bonds. The minimum absolute atomic E-state index is 0.240. The first-order valence-corrected chi connectivity index (χ1v) is 7.70. The largest absolute Gasteiger partial charge is 0.389 e. The normalized spacial score (nSPS) is 25.3.